The van der Waals surface area contributed by atoms with E-state index in [1.54, 1.807) is 0 Å². The molecule has 0 nitrogen and oxygen atoms in total. The van der Waals surface area contributed by atoms with Crippen molar-refractivity contribution in [3.05, 3.63) is 33.3 Å². The van der Waals surface area contributed by atoms with E-state index in [1.165, 1.54) is 21.2 Å². The first-order chi connectivity index (χ1) is 7.99. The summed E-state index contributed by atoms with van der Waals surface area (Å²) in [5.74, 6) is 1.86. The van der Waals surface area contributed by atoms with Crippen molar-refractivity contribution in [2.75, 3.05) is 0 Å². The summed E-state index contributed by atoms with van der Waals surface area (Å²) in [7, 11) is 0. The normalized spacial score (nSPS) is 13.1. The van der Waals surface area contributed by atoms with Gasteiger partial charge < -0.3 is 0 Å². The van der Waals surface area contributed by atoms with Crippen molar-refractivity contribution < 1.29 is 0 Å². The van der Waals surface area contributed by atoms with Crippen LogP contribution >= 0.6 is 27.5 Å². The van der Waals surface area contributed by atoms with Crippen molar-refractivity contribution in [2.24, 2.45) is 5.92 Å². The Morgan fingerprint density at radius 3 is 2.29 bits per heavy atom. The van der Waals surface area contributed by atoms with Crippen LogP contribution in [0.4, 0.5) is 0 Å². The summed E-state index contributed by atoms with van der Waals surface area (Å²) in [5.41, 5.74) is 4.09. The second-order valence-corrected chi connectivity index (χ2v) is 6.30. The molecule has 0 spiro atoms. The van der Waals surface area contributed by atoms with Crippen LogP contribution in [-0.4, -0.2) is 0 Å². The number of hydrogen-bond acceptors (Lipinski definition) is 0. The summed E-state index contributed by atoms with van der Waals surface area (Å²) in [5, 5.41) is 0. The molecule has 0 heterocycles. The topological polar surface area (TPSA) is 0 Å². The van der Waals surface area contributed by atoms with Gasteiger partial charge in [0.2, 0.25) is 0 Å². The van der Waals surface area contributed by atoms with Crippen LogP contribution in [0, 0.1) is 5.92 Å². The molecule has 1 rings (SSSR count). The van der Waals surface area contributed by atoms with Gasteiger partial charge in [-0.2, -0.15) is 0 Å². The molecule has 0 fully saturated rings. The molecule has 0 radical (unpaired) electrons. The fraction of sp³-hybridized carbons (Fsp3) is 0.600. The van der Waals surface area contributed by atoms with Gasteiger partial charge in [-0.05, 0) is 47.4 Å². The molecule has 0 aliphatic rings. The first-order valence-electron chi connectivity index (χ1n) is 6.36. The second kappa shape index (κ2) is 6.80. The molecule has 0 N–H and O–H groups in total. The molecule has 1 aromatic carbocycles. The zero-order valence-electron chi connectivity index (χ0n) is 11.2. The maximum absolute atomic E-state index is 6.04. The Labute approximate surface area is 119 Å². The van der Waals surface area contributed by atoms with Crippen LogP contribution in [0.15, 0.2) is 16.6 Å². The van der Waals surface area contributed by atoms with Gasteiger partial charge in [0.1, 0.15) is 0 Å². The minimum absolute atomic E-state index is 0.586. The van der Waals surface area contributed by atoms with Gasteiger partial charge in [0.15, 0.2) is 0 Å². The maximum Gasteiger partial charge on any atom is 0.0477 e. The van der Waals surface area contributed by atoms with Crippen LogP contribution in [0.25, 0.3) is 0 Å². The Morgan fingerprint density at radius 2 is 1.82 bits per heavy atom. The minimum atomic E-state index is 0.586. The van der Waals surface area contributed by atoms with Gasteiger partial charge >= 0.3 is 0 Å². The Morgan fingerprint density at radius 1 is 1.18 bits per heavy atom. The number of hydrogen-bond donors (Lipinski definition) is 0. The molecule has 96 valence electrons. The molecule has 1 unspecified atom stereocenters. The maximum atomic E-state index is 6.04. The third-order valence-corrected chi connectivity index (χ3v) is 4.25. The third-order valence-electron chi connectivity index (χ3n) is 3.22. The molecule has 2 heteroatoms. The highest BCUT2D eigenvalue weighted by Crippen LogP contribution is 2.31. The van der Waals surface area contributed by atoms with Crippen molar-refractivity contribution in [3.63, 3.8) is 0 Å². The number of alkyl halides is 1. The largest absolute Gasteiger partial charge is 0.122 e. The van der Waals surface area contributed by atoms with E-state index in [4.69, 9.17) is 11.6 Å². The van der Waals surface area contributed by atoms with E-state index in [2.05, 4.69) is 55.8 Å². The Balaban J connectivity index is 3.17. The predicted molar refractivity (Wildman–Crippen MR) is 80.9 cm³/mol. The van der Waals surface area contributed by atoms with Crippen LogP contribution in [0.1, 0.15) is 56.7 Å². The van der Waals surface area contributed by atoms with Crippen LogP contribution in [0.5, 0.6) is 0 Å². The van der Waals surface area contributed by atoms with Gasteiger partial charge in [0.05, 0.1) is 0 Å². The molecule has 1 atom stereocenters. The molecule has 17 heavy (non-hydrogen) atoms. The minimum Gasteiger partial charge on any atom is -0.122 e. The quantitative estimate of drug-likeness (QED) is 0.593. The highest BCUT2D eigenvalue weighted by Gasteiger charge is 2.13. The van der Waals surface area contributed by atoms with Gasteiger partial charge in [-0.25, -0.2) is 0 Å². The van der Waals surface area contributed by atoms with E-state index in [-0.39, 0.29) is 0 Å². The number of benzene rings is 1. The summed E-state index contributed by atoms with van der Waals surface area (Å²) in [4.78, 5) is 0. The Bertz CT molecular complexity index is 371. The van der Waals surface area contributed by atoms with Gasteiger partial charge in [-0.15, -0.1) is 11.6 Å². The Kier molecular flexibility index (Phi) is 6.02. The van der Waals surface area contributed by atoms with Gasteiger partial charge in [-0.3, -0.25) is 0 Å². The van der Waals surface area contributed by atoms with Crippen LogP contribution in [0.2, 0.25) is 0 Å². The molecule has 0 aromatic heterocycles. The lowest BCUT2D eigenvalue weighted by molar-refractivity contribution is 0.642. The monoisotopic (exact) mass is 316 g/mol. The van der Waals surface area contributed by atoms with E-state index < -0.39 is 0 Å². The van der Waals surface area contributed by atoms with Crippen LogP contribution < -0.4 is 0 Å². The molecule has 0 amide bonds. The van der Waals surface area contributed by atoms with Crippen LogP contribution in [-0.2, 0) is 12.3 Å². The van der Waals surface area contributed by atoms with E-state index >= 15 is 0 Å². The number of rotatable bonds is 5. The molecule has 0 aliphatic carbocycles. The van der Waals surface area contributed by atoms with Crippen molar-refractivity contribution in [1.29, 1.82) is 0 Å². The molecule has 0 aliphatic heterocycles. The summed E-state index contributed by atoms with van der Waals surface area (Å²) >= 11 is 9.71. The zero-order chi connectivity index (χ0) is 13.0. The smallest absolute Gasteiger partial charge is 0.0477 e. The first-order valence-corrected chi connectivity index (χ1v) is 7.69. The average Bonchev–Trinajstić information content (AvgIpc) is 2.29. The molecule has 1 aromatic rings. The second-order valence-electron chi connectivity index (χ2n) is 5.18. The van der Waals surface area contributed by atoms with E-state index in [0.29, 0.717) is 17.7 Å². The van der Waals surface area contributed by atoms with Crippen LogP contribution in [0.3, 0.4) is 0 Å². The first kappa shape index (κ1) is 15.0. The SMILES string of the molecule is CCC(C)c1cc(CC(C)C)c(Br)cc1CCl. The van der Waals surface area contributed by atoms with E-state index in [9.17, 15) is 0 Å². The highest BCUT2D eigenvalue weighted by molar-refractivity contribution is 9.10. The summed E-state index contributed by atoms with van der Waals surface area (Å²) in [6, 6.07) is 4.54. The average molecular weight is 318 g/mol. The van der Waals surface area contributed by atoms with E-state index in [0.717, 1.165) is 12.8 Å². The van der Waals surface area contributed by atoms with Gasteiger partial charge in [-0.1, -0.05) is 49.7 Å². The molecular formula is C15H22BrCl. The highest BCUT2D eigenvalue weighted by atomic mass is 79.9. The molecule has 0 saturated carbocycles. The van der Waals surface area contributed by atoms with Gasteiger partial charge in [0, 0.05) is 10.4 Å². The summed E-state index contributed by atoms with van der Waals surface area (Å²) < 4.78 is 1.20. The fourth-order valence-corrected chi connectivity index (χ4v) is 2.85. The fourth-order valence-electron chi connectivity index (χ4n) is 2.07. The summed E-state index contributed by atoms with van der Waals surface area (Å²) in [6.45, 7) is 9.01. The van der Waals surface area contributed by atoms with Crippen molar-refractivity contribution >= 4 is 27.5 Å². The standard InChI is InChI=1S/C15H22BrCl/c1-5-11(4)14-7-12(6-10(2)3)15(16)8-13(14)9-17/h7-8,10-11H,5-6,9H2,1-4H3. The lowest BCUT2D eigenvalue weighted by Crippen LogP contribution is -2.02. The van der Waals surface area contributed by atoms with Gasteiger partial charge in [0.25, 0.3) is 0 Å². The van der Waals surface area contributed by atoms with Crippen molar-refractivity contribution in [2.45, 2.75) is 52.3 Å². The zero-order valence-corrected chi connectivity index (χ0v) is 13.5. The number of halogens is 2. The molecule has 0 saturated heterocycles. The Hall–Kier alpha value is -0.0100. The molecule has 0 bridgehead atoms. The lowest BCUT2D eigenvalue weighted by Gasteiger charge is -2.18. The lowest BCUT2D eigenvalue weighted by atomic mass is 9.90. The van der Waals surface area contributed by atoms with Crippen molar-refractivity contribution in [1.82, 2.24) is 0 Å². The summed E-state index contributed by atoms with van der Waals surface area (Å²) in [6.07, 6.45) is 2.28. The predicted octanol–water partition coefficient (Wildman–Crippen LogP) is 5.90. The van der Waals surface area contributed by atoms with Crippen molar-refractivity contribution in [3.8, 4) is 0 Å². The molecular weight excluding hydrogens is 296 g/mol. The third kappa shape index (κ3) is 3.99. The van der Waals surface area contributed by atoms with E-state index in [1.807, 2.05) is 0 Å².